The number of hydrogen-bond donors (Lipinski definition) is 1. The Balaban J connectivity index is 2.17. The van der Waals surface area contributed by atoms with Crippen LogP contribution in [0.4, 0.5) is 0 Å². The van der Waals surface area contributed by atoms with E-state index in [9.17, 15) is 4.79 Å². The van der Waals surface area contributed by atoms with E-state index < -0.39 is 5.97 Å². The van der Waals surface area contributed by atoms with Gasteiger partial charge in [0.1, 0.15) is 0 Å². The molecule has 0 fully saturated rings. The van der Waals surface area contributed by atoms with Crippen LogP contribution in [0, 0.1) is 6.92 Å². The van der Waals surface area contributed by atoms with Crippen LogP contribution >= 0.6 is 0 Å². The van der Waals surface area contributed by atoms with Gasteiger partial charge in [-0.3, -0.25) is 4.98 Å². The maximum atomic E-state index is 10.6. The minimum Gasteiger partial charge on any atom is -0.476 e. The molecule has 16 heavy (non-hydrogen) atoms. The van der Waals surface area contributed by atoms with Gasteiger partial charge in [-0.05, 0) is 18.1 Å². The predicted octanol–water partition coefficient (Wildman–Crippen LogP) is 0.728. The third-order valence-corrected chi connectivity index (χ3v) is 2.03. The lowest BCUT2D eigenvalue weighted by molar-refractivity contribution is 0.0690. The van der Waals surface area contributed by atoms with Crippen LogP contribution in [-0.4, -0.2) is 31.1 Å². The quantitative estimate of drug-likeness (QED) is 0.821. The van der Waals surface area contributed by atoms with Crippen molar-refractivity contribution in [2.24, 2.45) is 0 Å². The molecular weight excluding hydrogens is 208 g/mol. The molecule has 2 rings (SSSR count). The molecule has 0 unspecified atom stereocenters. The molecular formula is C10H10N4O2. The van der Waals surface area contributed by atoms with Crippen LogP contribution in [0.5, 0.6) is 0 Å². The van der Waals surface area contributed by atoms with Gasteiger partial charge in [-0.1, -0.05) is 11.3 Å². The second-order valence-electron chi connectivity index (χ2n) is 3.48. The highest BCUT2D eigenvalue weighted by molar-refractivity contribution is 5.84. The van der Waals surface area contributed by atoms with E-state index in [1.807, 2.05) is 13.0 Å². The number of aromatic carboxylic acids is 1. The lowest BCUT2D eigenvalue weighted by atomic mass is 10.2. The van der Waals surface area contributed by atoms with Crippen molar-refractivity contribution in [2.45, 2.75) is 13.5 Å². The van der Waals surface area contributed by atoms with E-state index in [0.29, 0.717) is 6.54 Å². The molecule has 0 aromatic carbocycles. The van der Waals surface area contributed by atoms with Crippen LogP contribution in [0.1, 0.15) is 21.6 Å². The van der Waals surface area contributed by atoms with E-state index in [-0.39, 0.29) is 5.69 Å². The average Bonchev–Trinajstić information content (AvgIpc) is 2.66. The smallest absolute Gasteiger partial charge is 0.358 e. The van der Waals surface area contributed by atoms with Crippen LogP contribution in [-0.2, 0) is 6.54 Å². The van der Waals surface area contributed by atoms with Crippen molar-refractivity contribution in [3.05, 3.63) is 41.5 Å². The second-order valence-corrected chi connectivity index (χ2v) is 3.48. The standard InChI is InChI=1S/C10H10N4O2/c1-7-2-8(4-11-3-7)5-14-6-9(10(15)16)12-13-14/h2-4,6H,5H2,1H3,(H,15,16). The van der Waals surface area contributed by atoms with Crippen LogP contribution in [0.25, 0.3) is 0 Å². The molecule has 2 aromatic heterocycles. The molecule has 0 bridgehead atoms. The zero-order valence-corrected chi connectivity index (χ0v) is 8.66. The Morgan fingerprint density at radius 2 is 2.31 bits per heavy atom. The van der Waals surface area contributed by atoms with Gasteiger partial charge < -0.3 is 5.11 Å². The fourth-order valence-electron chi connectivity index (χ4n) is 1.36. The summed E-state index contributed by atoms with van der Waals surface area (Å²) in [6.07, 6.45) is 4.87. The molecule has 0 aliphatic rings. The molecule has 82 valence electrons. The number of hydrogen-bond acceptors (Lipinski definition) is 4. The van der Waals surface area contributed by atoms with Crippen molar-refractivity contribution in [1.82, 2.24) is 20.0 Å². The zero-order chi connectivity index (χ0) is 11.5. The summed E-state index contributed by atoms with van der Waals surface area (Å²) < 4.78 is 1.47. The molecule has 6 heteroatoms. The lowest BCUT2D eigenvalue weighted by Gasteiger charge is -2.00. The molecule has 0 aliphatic carbocycles. The largest absolute Gasteiger partial charge is 0.476 e. The average molecular weight is 218 g/mol. The van der Waals surface area contributed by atoms with E-state index in [1.54, 1.807) is 12.4 Å². The van der Waals surface area contributed by atoms with Crippen molar-refractivity contribution in [2.75, 3.05) is 0 Å². The summed E-state index contributed by atoms with van der Waals surface area (Å²) in [6.45, 7) is 2.41. The predicted molar refractivity (Wildman–Crippen MR) is 55.1 cm³/mol. The van der Waals surface area contributed by atoms with E-state index in [0.717, 1.165) is 11.1 Å². The second kappa shape index (κ2) is 4.09. The summed E-state index contributed by atoms with van der Waals surface area (Å²) in [5.41, 5.74) is 1.96. The van der Waals surface area contributed by atoms with Gasteiger partial charge in [-0.2, -0.15) is 0 Å². The van der Waals surface area contributed by atoms with E-state index in [4.69, 9.17) is 5.11 Å². The van der Waals surface area contributed by atoms with Crippen molar-refractivity contribution in [3.8, 4) is 0 Å². The number of carboxylic acids is 1. The number of aromatic nitrogens is 4. The van der Waals surface area contributed by atoms with Crippen molar-refractivity contribution in [1.29, 1.82) is 0 Å². The first-order valence-corrected chi connectivity index (χ1v) is 4.69. The van der Waals surface area contributed by atoms with Gasteiger partial charge >= 0.3 is 5.97 Å². The third-order valence-electron chi connectivity index (χ3n) is 2.03. The summed E-state index contributed by atoms with van der Waals surface area (Å²) in [7, 11) is 0. The molecule has 0 spiro atoms. The summed E-state index contributed by atoms with van der Waals surface area (Å²) in [4.78, 5) is 14.6. The normalized spacial score (nSPS) is 10.3. The fraction of sp³-hybridized carbons (Fsp3) is 0.200. The van der Waals surface area contributed by atoms with Crippen molar-refractivity contribution in [3.63, 3.8) is 0 Å². The Morgan fingerprint density at radius 3 is 2.94 bits per heavy atom. The topological polar surface area (TPSA) is 80.9 Å². The molecule has 2 heterocycles. The number of carboxylic acid groups (broad SMARTS) is 1. The van der Waals surface area contributed by atoms with Crippen LogP contribution in [0.15, 0.2) is 24.7 Å². The number of nitrogens with zero attached hydrogens (tertiary/aromatic N) is 4. The fourth-order valence-corrected chi connectivity index (χ4v) is 1.36. The minimum absolute atomic E-state index is 0.0550. The number of carbonyl (C=O) groups is 1. The number of rotatable bonds is 3. The lowest BCUT2D eigenvalue weighted by Crippen LogP contribution is -2.01. The van der Waals surface area contributed by atoms with E-state index >= 15 is 0 Å². The summed E-state index contributed by atoms with van der Waals surface area (Å²) in [5, 5.41) is 15.9. The highest BCUT2D eigenvalue weighted by atomic mass is 16.4. The van der Waals surface area contributed by atoms with Gasteiger partial charge in [-0.15, -0.1) is 5.10 Å². The first-order chi connectivity index (χ1) is 7.65. The molecule has 0 amide bonds. The molecule has 2 aromatic rings. The summed E-state index contributed by atoms with van der Waals surface area (Å²) in [5.74, 6) is -1.08. The number of aryl methyl sites for hydroxylation is 1. The van der Waals surface area contributed by atoms with Crippen LogP contribution in [0.3, 0.4) is 0 Å². The molecule has 1 N–H and O–H groups in total. The molecule has 6 nitrogen and oxygen atoms in total. The Labute approximate surface area is 91.6 Å². The maximum absolute atomic E-state index is 10.6. The zero-order valence-electron chi connectivity index (χ0n) is 8.66. The first-order valence-electron chi connectivity index (χ1n) is 4.69. The third kappa shape index (κ3) is 2.22. The maximum Gasteiger partial charge on any atom is 0.358 e. The Bertz CT molecular complexity index is 521. The summed E-state index contributed by atoms with van der Waals surface area (Å²) >= 11 is 0. The number of pyridine rings is 1. The van der Waals surface area contributed by atoms with Gasteiger partial charge in [0.05, 0.1) is 12.7 Å². The van der Waals surface area contributed by atoms with Gasteiger partial charge in [0.15, 0.2) is 5.69 Å². The van der Waals surface area contributed by atoms with Crippen molar-refractivity contribution < 1.29 is 9.90 Å². The van der Waals surface area contributed by atoms with Gasteiger partial charge in [0, 0.05) is 12.4 Å². The molecule has 0 saturated heterocycles. The molecule has 0 atom stereocenters. The van der Waals surface area contributed by atoms with E-state index in [2.05, 4.69) is 15.3 Å². The first kappa shape index (κ1) is 10.3. The van der Waals surface area contributed by atoms with Crippen molar-refractivity contribution >= 4 is 5.97 Å². The van der Waals surface area contributed by atoms with Gasteiger partial charge in [-0.25, -0.2) is 9.48 Å². The molecule has 0 saturated carbocycles. The van der Waals surface area contributed by atoms with Crippen LogP contribution in [0.2, 0.25) is 0 Å². The SMILES string of the molecule is Cc1cncc(Cn2cc(C(=O)O)nn2)c1. The van der Waals surface area contributed by atoms with E-state index in [1.165, 1.54) is 10.9 Å². The molecule has 0 radical (unpaired) electrons. The van der Waals surface area contributed by atoms with Gasteiger partial charge in [0.2, 0.25) is 0 Å². The monoisotopic (exact) mass is 218 g/mol. The van der Waals surface area contributed by atoms with Crippen LogP contribution < -0.4 is 0 Å². The highest BCUT2D eigenvalue weighted by Gasteiger charge is 2.08. The minimum atomic E-state index is -1.08. The summed E-state index contributed by atoms with van der Waals surface area (Å²) in [6, 6.07) is 1.97. The van der Waals surface area contributed by atoms with Gasteiger partial charge in [0.25, 0.3) is 0 Å². The Morgan fingerprint density at radius 1 is 1.50 bits per heavy atom. The Kier molecular flexibility index (Phi) is 2.63. The Hall–Kier alpha value is -2.24. The highest BCUT2D eigenvalue weighted by Crippen LogP contribution is 2.03. The molecule has 0 aliphatic heterocycles.